The van der Waals surface area contributed by atoms with Gasteiger partial charge in [0.15, 0.2) is 0 Å². The van der Waals surface area contributed by atoms with Crippen LogP contribution in [0.1, 0.15) is 0 Å². The summed E-state index contributed by atoms with van der Waals surface area (Å²) in [5, 5.41) is 0.194. The van der Waals surface area contributed by atoms with Crippen molar-refractivity contribution in [3.8, 4) is 0 Å². The molecule has 0 aliphatic heterocycles. The van der Waals surface area contributed by atoms with Crippen LogP contribution in [0.2, 0.25) is 0 Å². The summed E-state index contributed by atoms with van der Waals surface area (Å²) in [6.45, 7) is 0. The quantitative estimate of drug-likeness (QED) is 0.544. The average Bonchev–Trinajstić information content (AvgIpc) is 1.39. The van der Waals surface area contributed by atoms with Crippen molar-refractivity contribution in [2.45, 2.75) is 0 Å². The second-order valence-electron chi connectivity index (χ2n) is 0.149. The minimum atomic E-state index is 0.194. The normalized spacial score (nSPS) is 6.67. The summed E-state index contributed by atoms with van der Waals surface area (Å²) in [6, 6.07) is 0. The van der Waals surface area contributed by atoms with Crippen LogP contribution in [0, 0.1) is 0 Å². The molecule has 0 saturated heterocycles. The van der Waals surface area contributed by atoms with Gasteiger partial charge in [0.25, 0.3) is 0 Å². The molecular formula is CH2Cl4Co. The average molecular weight is 215 g/mol. The summed E-state index contributed by atoms with van der Waals surface area (Å²) in [6.07, 6.45) is 0. The molecule has 0 unspecified atom stereocenters. The van der Waals surface area contributed by atoms with Crippen molar-refractivity contribution >= 4 is 43.5 Å². The molecule has 0 aromatic heterocycles. The van der Waals surface area contributed by atoms with Crippen molar-refractivity contribution in [1.29, 1.82) is 0 Å². The van der Waals surface area contributed by atoms with E-state index in [1.54, 1.807) is 0 Å². The third kappa shape index (κ3) is 44.4. The summed E-state index contributed by atoms with van der Waals surface area (Å²) >= 11 is 9.91. The molecular weight excluding hydrogens is 213 g/mol. The molecule has 5 heteroatoms. The van der Waals surface area contributed by atoms with Crippen LogP contribution < -0.4 is 0 Å². The predicted molar refractivity (Wildman–Crippen MR) is 28.3 cm³/mol. The molecule has 0 fully saturated rings. The Morgan fingerprint density at radius 1 is 1.17 bits per heavy atom. The third-order valence-electron chi connectivity index (χ3n) is 0. The van der Waals surface area contributed by atoms with E-state index in [0.29, 0.717) is 12.9 Å². The summed E-state index contributed by atoms with van der Waals surface area (Å²) in [7, 11) is 9.47. The van der Waals surface area contributed by atoms with E-state index >= 15 is 0 Å². The van der Waals surface area contributed by atoms with Crippen LogP contribution >= 0.6 is 43.5 Å². The molecule has 0 aromatic rings. The van der Waals surface area contributed by atoms with Crippen molar-refractivity contribution in [2.75, 3.05) is 5.34 Å². The second-order valence-corrected chi connectivity index (χ2v) is 2.68. The van der Waals surface area contributed by atoms with Gasteiger partial charge in [0.1, 0.15) is 0 Å². The van der Waals surface area contributed by atoms with Crippen LogP contribution in [0.15, 0.2) is 0 Å². The fraction of sp³-hybridized carbons (Fsp3) is 1.00. The van der Waals surface area contributed by atoms with E-state index in [2.05, 4.69) is 0 Å². The number of hydrogen-bond acceptors (Lipinski definition) is 0. The van der Waals surface area contributed by atoms with E-state index in [-0.39, 0.29) is 5.34 Å². The van der Waals surface area contributed by atoms with E-state index < -0.39 is 0 Å². The van der Waals surface area contributed by atoms with Gasteiger partial charge in [-0.15, -0.1) is 23.2 Å². The second kappa shape index (κ2) is 15.9. The maximum absolute atomic E-state index is 4.76. The molecule has 0 N–H and O–H groups in total. The molecule has 0 saturated carbocycles. The van der Waals surface area contributed by atoms with Crippen LogP contribution in [0.25, 0.3) is 0 Å². The molecule has 0 heterocycles. The van der Waals surface area contributed by atoms with Gasteiger partial charge in [0.05, 0.1) is 5.34 Å². The predicted octanol–water partition coefficient (Wildman–Crippen LogP) is 2.80. The monoisotopic (exact) mass is 213 g/mol. The van der Waals surface area contributed by atoms with Gasteiger partial charge >= 0.3 is 33.2 Å². The van der Waals surface area contributed by atoms with Gasteiger partial charge in [-0.2, -0.15) is 0 Å². The van der Waals surface area contributed by atoms with Gasteiger partial charge in [0, 0.05) is 0 Å². The van der Waals surface area contributed by atoms with Crippen LogP contribution in [0.4, 0.5) is 0 Å². The van der Waals surface area contributed by atoms with Crippen molar-refractivity contribution in [2.24, 2.45) is 0 Å². The van der Waals surface area contributed by atoms with Gasteiger partial charge in [-0.3, -0.25) is 0 Å². The summed E-state index contributed by atoms with van der Waals surface area (Å²) in [5.74, 6) is 0. The summed E-state index contributed by atoms with van der Waals surface area (Å²) in [5.41, 5.74) is 0. The molecule has 0 atom stereocenters. The van der Waals surface area contributed by atoms with Crippen LogP contribution in [-0.2, 0) is 12.9 Å². The Morgan fingerprint density at radius 3 is 1.17 bits per heavy atom. The Kier molecular flexibility index (Phi) is 28.2. The van der Waals surface area contributed by atoms with Gasteiger partial charge in [-0.25, -0.2) is 0 Å². The van der Waals surface area contributed by atoms with Crippen molar-refractivity contribution in [1.82, 2.24) is 0 Å². The Bertz CT molecular complexity index is 9.51. The van der Waals surface area contributed by atoms with Crippen LogP contribution in [0.3, 0.4) is 0 Å². The van der Waals surface area contributed by atoms with Crippen LogP contribution in [0.5, 0.6) is 0 Å². The first-order valence-electron chi connectivity index (χ1n) is 0.786. The zero-order valence-corrected chi connectivity index (χ0v) is 6.62. The topological polar surface area (TPSA) is 0 Å². The molecule has 0 aliphatic rings. The maximum atomic E-state index is 4.76. The van der Waals surface area contributed by atoms with Crippen molar-refractivity contribution < 1.29 is 12.9 Å². The van der Waals surface area contributed by atoms with Crippen molar-refractivity contribution in [3.63, 3.8) is 0 Å². The van der Waals surface area contributed by atoms with Crippen LogP contribution in [-0.4, -0.2) is 5.34 Å². The van der Waals surface area contributed by atoms with Gasteiger partial charge < -0.3 is 0 Å². The number of alkyl halides is 2. The Labute approximate surface area is 61.6 Å². The fourth-order valence-corrected chi connectivity index (χ4v) is 0. The Balaban J connectivity index is 0. The van der Waals surface area contributed by atoms with E-state index in [1.165, 1.54) is 0 Å². The molecule has 0 aromatic carbocycles. The summed E-state index contributed by atoms with van der Waals surface area (Å²) in [4.78, 5) is 0. The van der Waals surface area contributed by atoms with E-state index in [0.717, 1.165) is 0 Å². The molecule has 43 valence electrons. The number of rotatable bonds is 0. The zero-order valence-electron chi connectivity index (χ0n) is 2.55. The Morgan fingerprint density at radius 2 is 1.17 bits per heavy atom. The molecule has 0 spiro atoms. The summed E-state index contributed by atoms with van der Waals surface area (Å²) < 4.78 is 0. The molecule has 0 bridgehead atoms. The van der Waals surface area contributed by atoms with E-state index in [4.69, 9.17) is 43.5 Å². The first-order chi connectivity index (χ1) is 2.83. The molecule has 0 nitrogen and oxygen atoms in total. The standard InChI is InChI=1S/CH2Cl2.2ClH.Co/c2-1-3;;;/h1H2;2*1H;/q;;;+2/p-2. The molecule has 0 radical (unpaired) electrons. The van der Waals surface area contributed by atoms with Gasteiger partial charge in [-0.1, -0.05) is 0 Å². The first kappa shape index (κ1) is 10.6. The molecule has 0 amide bonds. The zero-order chi connectivity index (χ0) is 5.41. The van der Waals surface area contributed by atoms with E-state index in [1.807, 2.05) is 0 Å². The molecule has 6 heavy (non-hydrogen) atoms. The Hall–Kier alpha value is 1.67. The SMILES string of the molecule is ClCCl.[Cl][Co][Cl]. The molecule has 0 aliphatic carbocycles. The molecule has 0 rings (SSSR count). The third-order valence-corrected chi connectivity index (χ3v) is 0. The van der Waals surface area contributed by atoms with Gasteiger partial charge in [-0.05, 0) is 0 Å². The van der Waals surface area contributed by atoms with E-state index in [9.17, 15) is 0 Å². The first-order valence-corrected chi connectivity index (χ1v) is 4.72. The number of hydrogen-bond donors (Lipinski definition) is 0. The minimum absolute atomic E-state index is 0.194. The fourth-order valence-electron chi connectivity index (χ4n) is 0. The van der Waals surface area contributed by atoms with Gasteiger partial charge in [0.2, 0.25) is 0 Å². The number of halogens is 4. The van der Waals surface area contributed by atoms with Crippen molar-refractivity contribution in [3.05, 3.63) is 0 Å².